The summed E-state index contributed by atoms with van der Waals surface area (Å²) < 4.78 is 1.02. The van der Waals surface area contributed by atoms with Crippen molar-refractivity contribution in [3.05, 3.63) is 63.2 Å². The van der Waals surface area contributed by atoms with Crippen molar-refractivity contribution < 1.29 is 9.90 Å². The lowest BCUT2D eigenvalue weighted by Gasteiger charge is -2.24. The number of carbonyl (C=O) groups excluding carboxylic acids is 1. The average molecular weight is 331 g/mol. The van der Waals surface area contributed by atoms with Crippen LogP contribution in [0.2, 0.25) is 0 Å². The number of ketones is 1. The quantitative estimate of drug-likeness (QED) is 0.795. The van der Waals surface area contributed by atoms with E-state index in [1.807, 2.05) is 42.5 Å². The lowest BCUT2D eigenvalue weighted by molar-refractivity contribution is -0.112. The van der Waals surface area contributed by atoms with Crippen molar-refractivity contribution in [2.75, 3.05) is 0 Å². The van der Waals surface area contributed by atoms with Crippen molar-refractivity contribution in [2.24, 2.45) is 0 Å². The summed E-state index contributed by atoms with van der Waals surface area (Å²) in [7, 11) is 0. The van der Waals surface area contributed by atoms with Crippen LogP contribution in [0.15, 0.2) is 57.6 Å². The van der Waals surface area contributed by atoms with Crippen LogP contribution < -0.4 is 0 Å². The van der Waals surface area contributed by atoms with Crippen LogP contribution in [-0.4, -0.2) is 17.0 Å². The minimum atomic E-state index is -0.303. The maximum Gasteiger partial charge on any atom is 0.189 e. The Labute approximate surface area is 126 Å². The molecule has 0 aromatic heterocycles. The lowest BCUT2D eigenvalue weighted by Crippen LogP contribution is -2.21. The fraction of sp³-hybridized carbons (Fsp3) is 0.235. The van der Waals surface area contributed by atoms with E-state index in [4.69, 9.17) is 0 Å². The van der Waals surface area contributed by atoms with Gasteiger partial charge in [0.15, 0.2) is 5.78 Å². The summed E-state index contributed by atoms with van der Waals surface area (Å²) in [5.41, 5.74) is 3.62. The standard InChI is InChI=1S/C17H15BrO2/c18-14-5-1-11(2-6-14)9-13-4-3-12-10-15(19)7-8-16(12)17(13)20/h1-6,9,15,19H,7-8,10H2. The van der Waals surface area contributed by atoms with Gasteiger partial charge < -0.3 is 5.11 Å². The van der Waals surface area contributed by atoms with Crippen molar-refractivity contribution >= 4 is 27.8 Å². The van der Waals surface area contributed by atoms with E-state index in [0.29, 0.717) is 19.3 Å². The Bertz CT molecular complexity index is 635. The van der Waals surface area contributed by atoms with Gasteiger partial charge in [0.25, 0.3) is 0 Å². The van der Waals surface area contributed by atoms with Gasteiger partial charge >= 0.3 is 0 Å². The second-order valence-electron chi connectivity index (χ2n) is 5.21. The molecule has 0 bridgehead atoms. The van der Waals surface area contributed by atoms with Crippen LogP contribution in [-0.2, 0) is 4.79 Å². The molecule has 3 rings (SSSR count). The van der Waals surface area contributed by atoms with Gasteiger partial charge in [-0.1, -0.05) is 40.2 Å². The summed E-state index contributed by atoms with van der Waals surface area (Å²) in [5.74, 6) is 0.109. The molecular weight excluding hydrogens is 316 g/mol. The number of hydrogen-bond donors (Lipinski definition) is 1. The number of hydrogen-bond acceptors (Lipinski definition) is 2. The molecule has 0 heterocycles. The molecule has 0 saturated carbocycles. The van der Waals surface area contributed by atoms with E-state index in [-0.39, 0.29) is 11.9 Å². The maximum absolute atomic E-state index is 12.5. The van der Waals surface area contributed by atoms with E-state index in [9.17, 15) is 9.90 Å². The number of halogens is 1. The van der Waals surface area contributed by atoms with Gasteiger partial charge in [-0.25, -0.2) is 0 Å². The summed E-state index contributed by atoms with van der Waals surface area (Å²) in [6.07, 6.45) is 7.42. The number of allylic oxidation sites excluding steroid dienone is 4. The van der Waals surface area contributed by atoms with E-state index < -0.39 is 0 Å². The number of carbonyl (C=O) groups is 1. The van der Waals surface area contributed by atoms with Crippen LogP contribution >= 0.6 is 15.9 Å². The van der Waals surface area contributed by atoms with Gasteiger partial charge in [0.2, 0.25) is 0 Å². The van der Waals surface area contributed by atoms with Gasteiger partial charge in [0, 0.05) is 15.6 Å². The van der Waals surface area contributed by atoms with Crippen molar-refractivity contribution in [1.82, 2.24) is 0 Å². The van der Waals surface area contributed by atoms with E-state index in [1.165, 1.54) is 0 Å². The Kier molecular flexibility index (Phi) is 3.72. The normalized spacial score (nSPS) is 24.2. The van der Waals surface area contributed by atoms with Gasteiger partial charge in [0.1, 0.15) is 0 Å². The van der Waals surface area contributed by atoms with Crippen LogP contribution in [0.3, 0.4) is 0 Å². The molecule has 20 heavy (non-hydrogen) atoms. The van der Waals surface area contributed by atoms with Crippen molar-refractivity contribution in [3.63, 3.8) is 0 Å². The maximum atomic E-state index is 12.5. The molecule has 3 heteroatoms. The molecule has 0 radical (unpaired) electrons. The topological polar surface area (TPSA) is 37.3 Å². The van der Waals surface area contributed by atoms with Crippen LogP contribution in [0.25, 0.3) is 6.08 Å². The number of aliphatic hydroxyl groups is 1. The van der Waals surface area contributed by atoms with Gasteiger partial charge in [-0.2, -0.15) is 0 Å². The predicted molar refractivity (Wildman–Crippen MR) is 83.1 cm³/mol. The average Bonchev–Trinajstić information content (AvgIpc) is 2.44. The Morgan fingerprint density at radius 1 is 1.20 bits per heavy atom. The third kappa shape index (κ3) is 2.69. The summed E-state index contributed by atoms with van der Waals surface area (Å²) in [5, 5.41) is 9.66. The molecule has 2 aliphatic carbocycles. The first-order valence-electron chi connectivity index (χ1n) is 6.73. The van der Waals surface area contributed by atoms with Gasteiger partial charge in [-0.3, -0.25) is 4.79 Å². The summed E-state index contributed by atoms with van der Waals surface area (Å²) in [6, 6.07) is 7.88. The van der Waals surface area contributed by atoms with E-state index in [2.05, 4.69) is 15.9 Å². The van der Waals surface area contributed by atoms with Gasteiger partial charge in [0.05, 0.1) is 6.10 Å². The highest BCUT2D eigenvalue weighted by atomic mass is 79.9. The van der Waals surface area contributed by atoms with E-state index in [0.717, 1.165) is 26.8 Å². The highest BCUT2D eigenvalue weighted by Gasteiger charge is 2.26. The molecule has 1 unspecified atom stereocenters. The molecule has 0 fully saturated rings. The number of rotatable bonds is 1. The Morgan fingerprint density at radius 2 is 1.95 bits per heavy atom. The Hall–Kier alpha value is -1.45. The highest BCUT2D eigenvalue weighted by molar-refractivity contribution is 9.10. The molecular formula is C17H15BrO2. The first-order chi connectivity index (χ1) is 9.63. The van der Waals surface area contributed by atoms with Crippen LogP contribution in [0.5, 0.6) is 0 Å². The second-order valence-corrected chi connectivity index (χ2v) is 6.13. The van der Waals surface area contributed by atoms with Gasteiger partial charge in [-0.05, 0) is 48.6 Å². The summed E-state index contributed by atoms with van der Waals surface area (Å²) in [4.78, 5) is 12.5. The monoisotopic (exact) mass is 330 g/mol. The molecule has 0 spiro atoms. The largest absolute Gasteiger partial charge is 0.393 e. The minimum absolute atomic E-state index is 0.109. The summed E-state index contributed by atoms with van der Waals surface area (Å²) >= 11 is 3.40. The van der Waals surface area contributed by atoms with Crippen LogP contribution in [0.1, 0.15) is 24.8 Å². The minimum Gasteiger partial charge on any atom is -0.393 e. The molecule has 1 aromatic rings. The molecule has 0 amide bonds. The van der Waals surface area contributed by atoms with Gasteiger partial charge in [-0.15, -0.1) is 0 Å². The number of aliphatic hydroxyl groups excluding tert-OH is 1. The highest BCUT2D eigenvalue weighted by Crippen LogP contribution is 2.32. The third-order valence-corrected chi connectivity index (χ3v) is 4.29. The number of Topliss-reactive ketones (excluding diaryl/α,β-unsaturated/α-hetero) is 1. The van der Waals surface area contributed by atoms with E-state index in [1.54, 1.807) is 0 Å². The molecule has 0 saturated heterocycles. The first kappa shape index (κ1) is 13.5. The Balaban J connectivity index is 1.89. The fourth-order valence-electron chi connectivity index (χ4n) is 2.67. The zero-order chi connectivity index (χ0) is 14.1. The van der Waals surface area contributed by atoms with Crippen molar-refractivity contribution in [2.45, 2.75) is 25.4 Å². The zero-order valence-corrected chi connectivity index (χ0v) is 12.6. The SMILES string of the molecule is O=C1C(=Cc2ccc(Br)cc2)C=CC2=C1CCC(O)C2. The third-order valence-electron chi connectivity index (χ3n) is 3.76. The predicted octanol–water partition coefficient (Wildman–Crippen LogP) is 3.81. The zero-order valence-electron chi connectivity index (χ0n) is 11.0. The Morgan fingerprint density at radius 3 is 2.70 bits per heavy atom. The van der Waals surface area contributed by atoms with Crippen molar-refractivity contribution in [3.8, 4) is 0 Å². The van der Waals surface area contributed by atoms with Crippen LogP contribution in [0.4, 0.5) is 0 Å². The molecule has 1 N–H and O–H groups in total. The molecule has 1 aromatic carbocycles. The smallest absolute Gasteiger partial charge is 0.189 e. The lowest BCUT2D eigenvalue weighted by atomic mass is 9.81. The molecule has 2 aliphatic rings. The van der Waals surface area contributed by atoms with Crippen molar-refractivity contribution in [1.29, 1.82) is 0 Å². The fourth-order valence-corrected chi connectivity index (χ4v) is 2.94. The molecule has 2 nitrogen and oxygen atoms in total. The number of benzene rings is 1. The van der Waals surface area contributed by atoms with E-state index >= 15 is 0 Å². The second kappa shape index (κ2) is 5.51. The van der Waals surface area contributed by atoms with Crippen LogP contribution in [0, 0.1) is 0 Å². The molecule has 0 aliphatic heterocycles. The molecule has 102 valence electrons. The molecule has 1 atom stereocenters. The first-order valence-corrected chi connectivity index (χ1v) is 7.53. The summed E-state index contributed by atoms with van der Waals surface area (Å²) in [6.45, 7) is 0.